The Morgan fingerprint density at radius 3 is 2.42 bits per heavy atom. The normalized spacial score (nSPS) is 12.6. The van der Waals surface area contributed by atoms with E-state index in [-0.39, 0.29) is 23.1 Å². The standard InChI is InChI=1S/C14H20N2O3/c1-9(14(2,3)4)15-13(19)16-11-7-5-6-10(8-11)12(17)18/h5-9H,1-4H3,(H,17,18)(H2,15,16,19). The van der Waals surface area contributed by atoms with Crippen molar-refractivity contribution in [2.45, 2.75) is 33.7 Å². The molecule has 1 rings (SSSR count). The Kier molecular flexibility index (Phi) is 4.53. The summed E-state index contributed by atoms with van der Waals surface area (Å²) in [4.78, 5) is 22.6. The zero-order chi connectivity index (χ0) is 14.6. The van der Waals surface area contributed by atoms with E-state index in [2.05, 4.69) is 10.6 Å². The molecule has 0 aliphatic carbocycles. The Labute approximate surface area is 113 Å². The molecule has 3 N–H and O–H groups in total. The molecule has 1 aromatic rings. The van der Waals surface area contributed by atoms with Gasteiger partial charge < -0.3 is 15.7 Å². The summed E-state index contributed by atoms with van der Waals surface area (Å²) in [6, 6.07) is 5.78. The van der Waals surface area contributed by atoms with Crippen LogP contribution < -0.4 is 10.6 Å². The quantitative estimate of drug-likeness (QED) is 0.785. The Hall–Kier alpha value is -2.04. The molecular weight excluding hydrogens is 244 g/mol. The molecule has 1 unspecified atom stereocenters. The van der Waals surface area contributed by atoms with Crippen molar-refractivity contribution in [2.75, 3.05) is 5.32 Å². The minimum absolute atomic E-state index is 0.00448. The van der Waals surface area contributed by atoms with Crippen LogP contribution >= 0.6 is 0 Å². The second-order valence-electron chi connectivity index (χ2n) is 5.57. The van der Waals surface area contributed by atoms with E-state index in [0.717, 1.165) is 0 Å². The first-order valence-corrected chi connectivity index (χ1v) is 6.11. The lowest BCUT2D eigenvalue weighted by Crippen LogP contribution is -2.43. The minimum atomic E-state index is -1.02. The number of carbonyl (C=O) groups excluding carboxylic acids is 1. The van der Waals surface area contributed by atoms with E-state index in [1.807, 2.05) is 27.7 Å². The topological polar surface area (TPSA) is 78.4 Å². The van der Waals surface area contributed by atoms with Gasteiger partial charge in [-0.2, -0.15) is 0 Å². The SMILES string of the molecule is CC(NC(=O)Nc1cccc(C(=O)O)c1)C(C)(C)C. The first kappa shape index (κ1) is 15.0. The molecule has 0 heterocycles. The first-order chi connectivity index (χ1) is 8.70. The van der Waals surface area contributed by atoms with Crippen LogP contribution in [0.3, 0.4) is 0 Å². The second-order valence-corrected chi connectivity index (χ2v) is 5.57. The van der Waals surface area contributed by atoms with Crippen molar-refractivity contribution in [1.29, 1.82) is 0 Å². The molecule has 1 atom stereocenters. The van der Waals surface area contributed by atoms with Crippen LogP contribution in [0.1, 0.15) is 38.1 Å². The molecule has 0 saturated heterocycles. The predicted octanol–water partition coefficient (Wildman–Crippen LogP) is 2.94. The maximum atomic E-state index is 11.8. The minimum Gasteiger partial charge on any atom is -0.478 e. The number of benzene rings is 1. The Bertz CT molecular complexity index is 478. The number of carbonyl (C=O) groups is 2. The lowest BCUT2D eigenvalue weighted by Gasteiger charge is -2.28. The number of anilines is 1. The molecule has 19 heavy (non-hydrogen) atoms. The molecule has 0 aliphatic rings. The van der Waals surface area contributed by atoms with Crippen molar-refractivity contribution >= 4 is 17.7 Å². The van der Waals surface area contributed by atoms with Gasteiger partial charge in [0.2, 0.25) is 0 Å². The molecule has 0 radical (unpaired) electrons. The third-order valence-electron chi connectivity index (χ3n) is 3.01. The molecule has 104 valence electrons. The molecule has 0 bridgehead atoms. The van der Waals surface area contributed by atoms with Crippen molar-refractivity contribution in [3.63, 3.8) is 0 Å². The summed E-state index contributed by atoms with van der Waals surface area (Å²) < 4.78 is 0. The van der Waals surface area contributed by atoms with E-state index in [1.54, 1.807) is 12.1 Å². The van der Waals surface area contributed by atoms with Gasteiger partial charge in [-0.1, -0.05) is 26.8 Å². The van der Waals surface area contributed by atoms with Crippen molar-refractivity contribution in [2.24, 2.45) is 5.41 Å². The van der Waals surface area contributed by atoms with Crippen LogP contribution in [0, 0.1) is 5.41 Å². The van der Waals surface area contributed by atoms with Crippen LogP contribution in [0.2, 0.25) is 0 Å². The van der Waals surface area contributed by atoms with Gasteiger partial charge in [0.1, 0.15) is 0 Å². The Balaban J connectivity index is 2.67. The summed E-state index contributed by atoms with van der Waals surface area (Å²) >= 11 is 0. The number of aromatic carboxylic acids is 1. The molecule has 0 aromatic heterocycles. The van der Waals surface area contributed by atoms with E-state index in [4.69, 9.17) is 5.11 Å². The third kappa shape index (κ3) is 4.62. The lowest BCUT2D eigenvalue weighted by atomic mass is 9.88. The fourth-order valence-corrected chi connectivity index (χ4v) is 1.31. The monoisotopic (exact) mass is 264 g/mol. The van der Waals surface area contributed by atoms with E-state index in [0.29, 0.717) is 5.69 Å². The molecule has 0 saturated carbocycles. The summed E-state index contributed by atoms with van der Waals surface area (Å²) in [5.74, 6) is -1.02. The fourth-order valence-electron chi connectivity index (χ4n) is 1.31. The van der Waals surface area contributed by atoms with Crippen LogP contribution in [0.15, 0.2) is 24.3 Å². The number of rotatable bonds is 3. The third-order valence-corrected chi connectivity index (χ3v) is 3.01. The number of nitrogens with one attached hydrogen (secondary N) is 2. The van der Waals surface area contributed by atoms with Crippen LogP contribution in [-0.2, 0) is 0 Å². The summed E-state index contributed by atoms with van der Waals surface area (Å²) in [6.45, 7) is 8.02. The molecule has 5 heteroatoms. The summed E-state index contributed by atoms with van der Waals surface area (Å²) in [7, 11) is 0. The highest BCUT2D eigenvalue weighted by Crippen LogP contribution is 2.18. The Morgan fingerprint density at radius 2 is 1.89 bits per heavy atom. The number of amides is 2. The number of carboxylic acids is 1. The number of hydrogen-bond acceptors (Lipinski definition) is 2. The second kappa shape index (κ2) is 5.73. The average Bonchev–Trinajstić information content (AvgIpc) is 2.27. The van der Waals surface area contributed by atoms with Crippen molar-refractivity contribution in [1.82, 2.24) is 5.32 Å². The number of carboxylic acid groups (broad SMARTS) is 1. The number of urea groups is 1. The highest BCUT2D eigenvalue weighted by Gasteiger charge is 2.21. The van der Waals surface area contributed by atoms with E-state index < -0.39 is 5.97 Å². The summed E-state index contributed by atoms with van der Waals surface area (Å²) in [5.41, 5.74) is 0.556. The molecule has 1 aromatic carbocycles. The highest BCUT2D eigenvalue weighted by atomic mass is 16.4. The first-order valence-electron chi connectivity index (χ1n) is 6.11. The predicted molar refractivity (Wildman–Crippen MR) is 74.5 cm³/mol. The Morgan fingerprint density at radius 1 is 1.26 bits per heavy atom. The maximum absolute atomic E-state index is 11.8. The van der Waals surface area contributed by atoms with Crippen LogP contribution in [0.25, 0.3) is 0 Å². The molecular formula is C14H20N2O3. The fraction of sp³-hybridized carbons (Fsp3) is 0.429. The maximum Gasteiger partial charge on any atom is 0.335 e. The van der Waals surface area contributed by atoms with Gasteiger partial charge in [-0.25, -0.2) is 9.59 Å². The summed E-state index contributed by atoms with van der Waals surface area (Å²) in [5, 5.41) is 14.3. The lowest BCUT2D eigenvalue weighted by molar-refractivity contribution is 0.0697. The smallest absolute Gasteiger partial charge is 0.335 e. The van der Waals surface area contributed by atoms with Gasteiger partial charge in [0, 0.05) is 11.7 Å². The zero-order valence-electron chi connectivity index (χ0n) is 11.7. The van der Waals surface area contributed by atoms with E-state index in [1.165, 1.54) is 12.1 Å². The largest absolute Gasteiger partial charge is 0.478 e. The van der Waals surface area contributed by atoms with E-state index in [9.17, 15) is 9.59 Å². The van der Waals surface area contributed by atoms with Gasteiger partial charge in [-0.15, -0.1) is 0 Å². The molecule has 0 fully saturated rings. The van der Waals surface area contributed by atoms with Crippen LogP contribution in [-0.4, -0.2) is 23.1 Å². The summed E-state index contributed by atoms with van der Waals surface area (Å²) in [6.07, 6.45) is 0. The van der Waals surface area contributed by atoms with Gasteiger partial charge in [-0.3, -0.25) is 0 Å². The zero-order valence-corrected chi connectivity index (χ0v) is 11.7. The van der Waals surface area contributed by atoms with Crippen molar-refractivity contribution in [3.05, 3.63) is 29.8 Å². The van der Waals surface area contributed by atoms with Gasteiger partial charge in [0.05, 0.1) is 5.56 Å². The van der Waals surface area contributed by atoms with Gasteiger partial charge >= 0.3 is 12.0 Å². The van der Waals surface area contributed by atoms with Crippen molar-refractivity contribution in [3.8, 4) is 0 Å². The molecule has 0 aliphatic heterocycles. The molecule has 2 amide bonds. The van der Waals surface area contributed by atoms with Gasteiger partial charge in [0.15, 0.2) is 0 Å². The molecule has 5 nitrogen and oxygen atoms in total. The van der Waals surface area contributed by atoms with Gasteiger partial charge in [0.25, 0.3) is 0 Å². The van der Waals surface area contributed by atoms with Crippen LogP contribution in [0.5, 0.6) is 0 Å². The molecule has 0 spiro atoms. The van der Waals surface area contributed by atoms with Crippen molar-refractivity contribution < 1.29 is 14.7 Å². The highest BCUT2D eigenvalue weighted by molar-refractivity contribution is 5.93. The average molecular weight is 264 g/mol. The van der Waals surface area contributed by atoms with E-state index >= 15 is 0 Å². The van der Waals surface area contributed by atoms with Gasteiger partial charge in [-0.05, 0) is 30.5 Å². The van der Waals surface area contributed by atoms with Crippen LogP contribution in [0.4, 0.5) is 10.5 Å². The number of hydrogen-bond donors (Lipinski definition) is 3.